The number of carbonyl (C=O) groups is 1. The first-order valence-electron chi connectivity index (χ1n) is 7.06. The van der Waals surface area contributed by atoms with Crippen LogP contribution in [0, 0.1) is 10.1 Å². The molecule has 1 amide bonds. The third-order valence-electron chi connectivity index (χ3n) is 3.59. The molecule has 1 saturated heterocycles. The number of likely N-dealkylation sites (N-methyl/N-ethyl adjacent to an activating group) is 1. The molecular formula is C13H17N3O6S. The van der Waals surface area contributed by atoms with E-state index < -0.39 is 33.1 Å². The largest absolute Gasteiger partial charge is 0.476 e. The molecule has 2 rings (SSSR count). The van der Waals surface area contributed by atoms with Gasteiger partial charge in [-0.15, -0.1) is 0 Å². The normalized spacial score (nSPS) is 19.3. The van der Waals surface area contributed by atoms with Gasteiger partial charge < -0.3 is 19.8 Å². The molecule has 0 saturated carbocycles. The van der Waals surface area contributed by atoms with Gasteiger partial charge in [0, 0.05) is 12.6 Å². The fraction of sp³-hybridized carbons (Fsp3) is 0.538. The van der Waals surface area contributed by atoms with Gasteiger partial charge in [-0.3, -0.25) is 4.79 Å². The maximum Gasteiger partial charge on any atom is 0.406 e. The summed E-state index contributed by atoms with van der Waals surface area (Å²) in [5.41, 5.74) is 0. The number of hydrogen-bond donors (Lipinski definition) is 0. The molecular weight excluding hydrogens is 326 g/mol. The van der Waals surface area contributed by atoms with E-state index in [1.54, 1.807) is 6.92 Å². The van der Waals surface area contributed by atoms with Gasteiger partial charge in [-0.1, -0.05) is 0 Å². The predicted molar refractivity (Wildman–Crippen MR) is 80.8 cm³/mol. The van der Waals surface area contributed by atoms with Crippen LogP contribution in [0.4, 0.5) is 5.82 Å². The van der Waals surface area contributed by atoms with E-state index in [-0.39, 0.29) is 23.3 Å². The highest BCUT2D eigenvalue weighted by atomic mass is 32.2. The molecule has 23 heavy (non-hydrogen) atoms. The zero-order valence-electron chi connectivity index (χ0n) is 12.5. The van der Waals surface area contributed by atoms with Crippen molar-refractivity contribution >= 4 is 21.6 Å². The number of nitro groups is 1. The molecule has 9 nitrogen and oxygen atoms in total. The lowest BCUT2D eigenvalue weighted by Crippen LogP contribution is -2.43. The van der Waals surface area contributed by atoms with Gasteiger partial charge in [-0.05, 0) is 35.4 Å². The SMILES string of the molecule is CCN(C(=O)COc1cccnc1[N+](=O)[O-])[C@@H]1CCS(=O)(=O)C1. The fourth-order valence-electron chi connectivity index (χ4n) is 2.51. The lowest BCUT2D eigenvalue weighted by atomic mass is 10.2. The minimum Gasteiger partial charge on any atom is -0.476 e. The average molecular weight is 343 g/mol. The molecule has 0 spiro atoms. The molecule has 0 bridgehead atoms. The summed E-state index contributed by atoms with van der Waals surface area (Å²) in [4.78, 5) is 27.4. The molecule has 0 radical (unpaired) electrons. The van der Waals surface area contributed by atoms with E-state index in [0.29, 0.717) is 13.0 Å². The van der Waals surface area contributed by atoms with Crippen molar-refractivity contribution in [3.05, 3.63) is 28.4 Å². The zero-order valence-corrected chi connectivity index (χ0v) is 13.4. The van der Waals surface area contributed by atoms with E-state index in [0.717, 1.165) is 0 Å². The third-order valence-corrected chi connectivity index (χ3v) is 5.34. The monoisotopic (exact) mass is 343 g/mol. The third kappa shape index (κ3) is 4.15. The van der Waals surface area contributed by atoms with Crippen LogP contribution >= 0.6 is 0 Å². The lowest BCUT2D eigenvalue weighted by molar-refractivity contribution is -0.390. The molecule has 0 N–H and O–H groups in total. The predicted octanol–water partition coefficient (Wildman–Crippen LogP) is 0.404. The number of ether oxygens (including phenoxy) is 1. The summed E-state index contributed by atoms with van der Waals surface area (Å²) in [5.74, 6) is -0.962. The second-order valence-corrected chi connectivity index (χ2v) is 7.34. The van der Waals surface area contributed by atoms with Crippen LogP contribution in [0.15, 0.2) is 18.3 Å². The van der Waals surface area contributed by atoms with Gasteiger partial charge >= 0.3 is 5.82 Å². The van der Waals surface area contributed by atoms with Crippen LogP contribution in [-0.2, 0) is 14.6 Å². The van der Waals surface area contributed by atoms with Crippen molar-refractivity contribution < 1.29 is 22.9 Å². The summed E-state index contributed by atoms with van der Waals surface area (Å²) in [6.45, 7) is 1.68. The molecule has 1 aromatic rings. The van der Waals surface area contributed by atoms with Gasteiger partial charge in [0.05, 0.1) is 11.5 Å². The minimum absolute atomic E-state index is 0.0559. The molecule has 1 fully saturated rings. The van der Waals surface area contributed by atoms with E-state index in [1.165, 1.54) is 23.2 Å². The van der Waals surface area contributed by atoms with Crippen molar-refractivity contribution in [3.8, 4) is 5.75 Å². The zero-order chi connectivity index (χ0) is 17.0. The number of nitrogens with zero attached hydrogens (tertiary/aromatic N) is 3. The second-order valence-electron chi connectivity index (χ2n) is 5.11. The Balaban J connectivity index is 2.02. The molecule has 0 unspecified atom stereocenters. The maximum atomic E-state index is 12.2. The first-order valence-corrected chi connectivity index (χ1v) is 8.88. The van der Waals surface area contributed by atoms with E-state index in [9.17, 15) is 23.3 Å². The number of pyridine rings is 1. The smallest absolute Gasteiger partial charge is 0.406 e. The number of sulfone groups is 1. The summed E-state index contributed by atoms with van der Waals surface area (Å²) >= 11 is 0. The molecule has 126 valence electrons. The Labute approximate surface area is 133 Å². The Morgan fingerprint density at radius 3 is 2.87 bits per heavy atom. The molecule has 0 aliphatic carbocycles. The number of carbonyl (C=O) groups excluding carboxylic acids is 1. The number of rotatable bonds is 6. The minimum atomic E-state index is -3.10. The van der Waals surface area contributed by atoms with Gasteiger partial charge in [0.25, 0.3) is 5.91 Å². The highest BCUT2D eigenvalue weighted by molar-refractivity contribution is 7.91. The van der Waals surface area contributed by atoms with Crippen molar-refractivity contribution in [2.45, 2.75) is 19.4 Å². The van der Waals surface area contributed by atoms with Crippen LogP contribution in [0.5, 0.6) is 5.75 Å². The van der Waals surface area contributed by atoms with Gasteiger partial charge in [0.1, 0.15) is 6.20 Å². The van der Waals surface area contributed by atoms with E-state index in [2.05, 4.69) is 4.98 Å². The molecule has 1 atom stereocenters. The topological polar surface area (TPSA) is 120 Å². The highest BCUT2D eigenvalue weighted by Crippen LogP contribution is 2.23. The van der Waals surface area contributed by atoms with Crippen LogP contribution in [0.2, 0.25) is 0 Å². The maximum absolute atomic E-state index is 12.2. The number of amides is 1. The van der Waals surface area contributed by atoms with Crippen LogP contribution in [0.1, 0.15) is 13.3 Å². The van der Waals surface area contributed by atoms with Crippen LogP contribution < -0.4 is 4.74 Å². The standard InChI is InChI=1S/C13H17N3O6S/c1-2-15(10-5-7-23(20,21)9-10)12(17)8-22-11-4-3-6-14-13(11)16(18)19/h3-4,6,10H,2,5,7-9H2,1H3/t10-/m1/s1. The lowest BCUT2D eigenvalue weighted by Gasteiger charge is -2.26. The van der Waals surface area contributed by atoms with Gasteiger partial charge in [-0.25, -0.2) is 8.42 Å². The van der Waals surface area contributed by atoms with Gasteiger partial charge in [-0.2, -0.15) is 0 Å². The fourth-order valence-corrected chi connectivity index (χ4v) is 4.24. The van der Waals surface area contributed by atoms with E-state index >= 15 is 0 Å². The Bertz CT molecular complexity index is 705. The number of aromatic nitrogens is 1. The van der Waals surface area contributed by atoms with Crippen molar-refractivity contribution in [1.82, 2.24) is 9.88 Å². The van der Waals surface area contributed by atoms with Gasteiger partial charge in [0.15, 0.2) is 16.4 Å². The summed E-state index contributed by atoms with van der Waals surface area (Å²) in [7, 11) is -3.10. The molecule has 10 heteroatoms. The van der Waals surface area contributed by atoms with Crippen molar-refractivity contribution in [3.63, 3.8) is 0 Å². The van der Waals surface area contributed by atoms with Crippen LogP contribution in [0.3, 0.4) is 0 Å². The Morgan fingerprint density at radius 1 is 1.57 bits per heavy atom. The van der Waals surface area contributed by atoms with Crippen LogP contribution in [0.25, 0.3) is 0 Å². The molecule has 1 aliphatic rings. The second kappa shape index (κ2) is 6.90. The Hall–Kier alpha value is -2.23. The first kappa shape index (κ1) is 17.1. The average Bonchev–Trinajstić information content (AvgIpc) is 2.86. The number of hydrogen-bond acceptors (Lipinski definition) is 7. The Kier molecular flexibility index (Phi) is 5.14. The Morgan fingerprint density at radius 2 is 2.30 bits per heavy atom. The quantitative estimate of drug-likeness (QED) is 0.541. The summed E-state index contributed by atoms with van der Waals surface area (Å²) in [5, 5.41) is 10.8. The van der Waals surface area contributed by atoms with Gasteiger partial charge in [0.2, 0.25) is 5.75 Å². The van der Waals surface area contributed by atoms with Crippen molar-refractivity contribution in [1.29, 1.82) is 0 Å². The van der Waals surface area contributed by atoms with E-state index in [4.69, 9.17) is 4.74 Å². The first-order chi connectivity index (χ1) is 10.8. The van der Waals surface area contributed by atoms with Crippen molar-refractivity contribution in [2.75, 3.05) is 24.7 Å². The summed E-state index contributed by atoms with van der Waals surface area (Å²) in [6, 6.07) is 2.45. The van der Waals surface area contributed by atoms with Crippen LogP contribution in [-0.4, -0.2) is 59.8 Å². The highest BCUT2D eigenvalue weighted by Gasteiger charge is 2.34. The summed E-state index contributed by atoms with van der Waals surface area (Å²) in [6.07, 6.45) is 1.66. The van der Waals surface area contributed by atoms with Crippen molar-refractivity contribution in [2.24, 2.45) is 0 Å². The van der Waals surface area contributed by atoms with E-state index in [1.807, 2.05) is 0 Å². The molecule has 2 heterocycles. The molecule has 1 aromatic heterocycles. The summed E-state index contributed by atoms with van der Waals surface area (Å²) < 4.78 is 28.3. The molecule has 1 aliphatic heterocycles. The molecule has 0 aromatic carbocycles.